The van der Waals surface area contributed by atoms with Gasteiger partial charge in [0.25, 0.3) is 0 Å². The molecule has 1 atom stereocenters. The smallest absolute Gasteiger partial charge is 0.305 e. The van der Waals surface area contributed by atoms with Gasteiger partial charge in [-0.25, -0.2) is 0 Å². The molecule has 0 aromatic heterocycles. The first-order chi connectivity index (χ1) is 12.2. The molecule has 0 aromatic rings. The van der Waals surface area contributed by atoms with E-state index in [1.54, 1.807) is 0 Å². The van der Waals surface area contributed by atoms with Crippen molar-refractivity contribution in [2.45, 2.75) is 117 Å². The largest absolute Gasteiger partial charge is 0.466 e. The van der Waals surface area contributed by atoms with E-state index in [0.717, 1.165) is 30.5 Å². The van der Waals surface area contributed by atoms with E-state index in [2.05, 4.69) is 29.8 Å². The quantitative estimate of drug-likeness (QED) is 0.121. The zero-order valence-electron chi connectivity index (χ0n) is 17.0. The van der Waals surface area contributed by atoms with Crippen LogP contribution in [0.25, 0.3) is 0 Å². The van der Waals surface area contributed by atoms with Crippen molar-refractivity contribution in [3.63, 3.8) is 0 Å². The summed E-state index contributed by atoms with van der Waals surface area (Å²) < 4.78 is 5.41. The molecule has 0 heterocycles. The Morgan fingerprint density at radius 2 is 1.32 bits per heavy atom. The van der Waals surface area contributed by atoms with E-state index in [1.807, 2.05) is 0 Å². The first kappa shape index (κ1) is 24.9. The predicted molar refractivity (Wildman–Crippen MR) is 113 cm³/mol. The number of ether oxygens (including phenoxy) is 1. The summed E-state index contributed by atoms with van der Waals surface area (Å²) in [7, 11) is 0. The van der Waals surface area contributed by atoms with Crippen LogP contribution in [0.1, 0.15) is 117 Å². The van der Waals surface area contributed by atoms with Gasteiger partial charge in [0.2, 0.25) is 0 Å². The number of carbonyl (C=O) groups excluding carboxylic acids is 1. The molecule has 0 spiro atoms. The highest BCUT2D eigenvalue weighted by molar-refractivity contribution is 9.09. The molecule has 0 saturated carbocycles. The maximum absolute atomic E-state index is 12.0. The van der Waals surface area contributed by atoms with Crippen molar-refractivity contribution in [2.24, 2.45) is 5.92 Å². The zero-order chi connectivity index (χ0) is 18.6. The van der Waals surface area contributed by atoms with Gasteiger partial charge in [-0.3, -0.25) is 4.79 Å². The number of carbonyl (C=O) groups is 1. The average molecular weight is 419 g/mol. The summed E-state index contributed by atoms with van der Waals surface area (Å²) in [5, 5.41) is 1.07. The molecule has 150 valence electrons. The van der Waals surface area contributed by atoms with Gasteiger partial charge in [-0.1, -0.05) is 107 Å². The van der Waals surface area contributed by atoms with Crippen molar-refractivity contribution in [2.75, 3.05) is 11.9 Å². The molecule has 0 rings (SSSR count). The van der Waals surface area contributed by atoms with Crippen LogP contribution in [0.3, 0.4) is 0 Å². The molecule has 25 heavy (non-hydrogen) atoms. The van der Waals surface area contributed by atoms with E-state index >= 15 is 0 Å². The topological polar surface area (TPSA) is 26.3 Å². The molecule has 1 unspecified atom stereocenters. The Morgan fingerprint density at radius 3 is 2.00 bits per heavy atom. The first-order valence-electron chi connectivity index (χ1n) is 11.0. The molecular formula is C22H43BrO2. The van der Waals surface area contributed by atoms with Gasteiger partial charge in [-0.15, -0.1) is 0 Å². The Morgan fingerprint density at radius 1 is 0.760 bits per heavy atom. The summed E-state index contributed by atoms with van der Waals surface area (Å²) in [5.74, 6) is 0.742. The Kier molecular flexibility index (Phi) is 20.2. The minimum absolute atomic E-state index is 0.0203. The van der Waals surface area contributed by atoms with Gasteiger partial charge in [0, 0.05) is 11.8 Å². The van der Waals surface area contributed by atoms with Gasteiger partial charge >= 0.3 is 5.97 Å². The van der Waals surface area contributed by atoms with Gasteiger partial charge in [0.1, 0.15) is 0 Å². The van der Waals surface area contributed by atoms with Crippen LogP contribution in [0, 0.1) is 5.92 Å². The normalized spacial score (nSPS) is 12.3. The molecule has 0 saturated heterocycles. The van der Waals surface area contributed by atoms with Crippen LogP contribution in [-0.2, 0) is 9.53 Å². The van der Waals surface area contributed by atoms with Crippen LogP contribution in [0.15, 0.2) is 0 Å². The zero-order valence-corrected chi connectivity index (χ0v) is 18.6. The minimum Gasteiger partial charge on any atom is -0.466 e. The van der Waals surface area contributed by atoms with E-state index in [0.29, 0.717) is 13.0 Å². The van der Waals surface area contributed by atoms with E-state index in [4.69, 9.17) is 4.74 Å². The second-order valence-corrected chi connectivity index (χ2v) is 8.22. The van der Waals surface area contributed by atoms with E-state index < -0.39 is 0 Å². The molecule has 2 nitrogen and oxygen atoms in total. The molecule has 0 aliphatic heterocycles. The van der Waals surface area contributed by atoms with Gasteiger partial charge in [-0.05, 0) is 25.2 Å². The fraction of sp³-hybridized carbons (Fsp3) is 0.955. The number of esters is 1. The van der Waals surface area contributed by atoms with E-state index in [1.165, 1.54) is 77.0 Å². The Hall–Kier alpha value is -0.0500. The van der Waals surface area contributed by atoms with Crippen molar-refractivity contribution in [3.8, 4) is 0 Å². The minimum atomic E-state index is 0.0203. The van der Waals surface area contributed by atoms with Gasteiger partial charge in [0.15, 0.2) is 0 Å². The lowest BCUT2D eigenvalue weighted by Gasteiger charge is -2.16. The lowest BCUT2D eigenvalue weighted by Crippen LogP contribution is -2.09. The molecule has 0 bridgehead atoms. The van der Waals surface area contributed by atoms with Crippen LogP contribution in [0.5, 0.6) is 0 Å². The molecule has 0 fully saturated rings. The third-order valence-electron chi connectivity index (χ3n) is 4.98. The molecule has 0 aliphatic carbocycles. The van der Waals surface area contributed by atoms with Crippen molar-refractivity contribution in [1.29, 1.82) is 0 Å². The van der Waals surface area contributed by atoms with Gasteiger partial charge < -0.3 is 4.74 Å². The number of halogens is 1. The second-order valence-electron chi connectivity index (χ2n) is 7.43. The monoisotopic (exact) mass is 418 g/mol. The Bertz CT molecular complexity index is 281. The van der Waals surface area contributed by atoms with Crippen molar-refractivity contribution < 1.29 is 9.53 Å². The number of rotatable bonds is 19. The third kappa shape index (κ3) is 18.5. The maximum Gasteiger partial charge on any atom is 0.305 e. The van der Waals surface area contributed by atoms with Crippen LogP contribution in [0.4, 0.5) is 0 Å². The summed E-state index contributed by atoms with van der Waals surface area (Å²) in [6.45, 7) is 5.13. The highest BCUT2D eigenvalue weighted by Gasteiger charge is 2.12. The van der Waals surface area contributed by atoms with Gasteiger partial charge in [0.05, 0.1) is 6.61 Å². The summed E-state index contributed by atoms with van der Waals surface area (Å²) in [6, 6.07) is 0. The first-order valence-corrected chi connectivity index (χ1v) is 12.1. The Balaban J connectivity index is 3.82. The fourth-order valence-corrected chi connectivity index (χ4v) is 3.68. The Labute approximate surface area is 166 Å². The van der Waals surface area contributed by atoms with Crippen LogP contribution >= 0.6 is 15.9 Å². The number of hydrogen-bond acceptors (Lipinski definition) is 2. The van der Waals surface area contributed by atoms with E-state index in [-0.39, 0.29) is 5.97 Å². The third-order valence-corrected chi connectivity index (χ3v) is 5.54. The molecule has 0 radical (unpaired) electrons. The summed E-state index contributed by atoms with van der Waals surface area (Å²) in [4.78, 5) is 12.0. The maximum atomic E-state index is 12.0. The predicted octanol–water partition coefficient (Wildman–Crippen LogP) is 7.82. The summed E-state index contributed by atoms with van der Waals surface area (Å²) in [6.07, 6.45) is 19.5. The lowest BCUT2D eigenvalue weighted by molar-refractivity contribution is -0.144. The highest BCUT2D eigenvalue weighted by atomic mass is 79.9. The average Bonchev–Trinajstić information content (AvgIpc) is 2.62. The van der Waals surface area contributed by atoms with Crippen molar-refractivity contribution in [3.05, 3.63) is 0 Å². The summed E-state index contributed by atoms with van der Waals surface area (Å²) >= 11 is 3.44. The van der Waals surface area contributed by atoms with E-state index in [9.17, 15) is 4.79 Å². The molecule has 3 heteroatoms. The highest BCUT2D eigenvalue weighted by Crippen LogP contribution is 2.23. The fourth-order valence-electron chi connectivity index (χ4n) is 3.28. The lowest BCUT2D eigenvalue weighted by atomic mass is 9.90. The number of hydrogen-bond donors (Lipinski definition) is 0. The standard InChI is InChI=1S/C22H43BrO2/c1-3-5-7-8-12-16-21(15-11-6-4-2)17-18-22(24)25-20-14-10-9-13-19-23/h21H,3-20H2,1-2H3. The van der Waals surface area contributed by atoms with Crippen molar-refractivity contribution >= 4 is 21.9 Å². The number of unbranched alkanes of at least 4 members (excludes halogenated alkanes) is 9. The second kappa shape index (κ2) is 20.3. The molecular weight excluding hydrogens is 376 g/mol. The molecule has 0 amide bonds. The van der Waals surface area contributed by atoms with Gasteiger partial charge in [-0.2, -0.15) is 0 Å². The summed E-state index contributed by atoms with van der Waals surface area (Å²) in [5.41, 5.74) is 0. The van der Waals surface area contributed by atoms with Crippen molar-refractivity contribution in [1.82, 2.24) is 0 Å². The molecule has 0 N–H and O–H groups in total. The number of alkyl halides is 1. The van der Waals surface area contributed by atoms with Crippen LogP contribution in [-0.4, -0.2) is 17.9 Å². The van der Waals surface area contributed by atoms with Crippen LogP contribution in [0.2, 0.25) is 0 Å². The van der Waals surface area contributed by atoms with Crippen LogP contribution < -0.4 is 0 Å². The SMILES string of the molecule is CCCCCCCC(CCCCC)CCC(=O)OCCCCCCBr. The molecule has 0 aromatic carbocycles. The molecule has 0 aliphatic rings.